The Morgan fingerprint density at radius 2 is 1.78 bits per heavy atom. The highest BCUT2D eigenvalue weighted by atomic mass is 15.3. The Bertz CT molecular complexity index is 836. The maximum atomic E-state index is 6.44. The normalized spacial score (nSPS) is 10.8. The number of rotatable bonds is 8. The molecule has 6 heteroatoms. The molecule has 0 radical (unpaired) electrons. The van der Waals surface area contributed by atoms with Crippen LogP contribution in [-0.4, -0.2) is 21.5 Å². The van der Waals surface area contributed by atoms with Gasteiger partial charge in [0, 0.05) is 12.7 Å². The molecule has 6 nitrogen and oxygen atoms in total. The van der Waals surface area contributed by atoms with E-state index in [0.29, 0.717) is 29.8 Å². The van der Waals surface area contributed by atoms with Crippen LogP contribution in [0.3, 0.4) is 0 Å². The summed E-state index contributed by atoms with van der Waals surface area (Å²) in [6.07, 6.45) is 4.36. The van der Waals surface area contributed by atoms with E-state index in [1.54, 1.807) is 12.5 Å². The summed E-state index contributed by atoms with van der Waals surface area (Å²) in [7, 11) is 0. The van der Waals surface area contributed by atoms with E-state index in [9.17, 15) is 0 Å². The monoisotopic (exact) mass is 362 g/mol. The maximum Gasteiger partial charge on any atom is 0.163 e. The quantitative estimate of drug-likeness (QED) is 0.623. The number of anilines is 4. The SMILES string of the molecule is CC(C)CCNc1ncnc(N(Cc2ccccc2)c2ccccn2)c1N. The van der Waals surface area contributed by atoms with Crippen LogP contribution in [0.4, 0.5) is 23.1 Å². The number of hydrogen-bond acceptors (Lipinski definition) is 6. The Labute approximate surface area is 160 Å². The molecular weight excluding hydrogens is 336 g/mol. The summed E-state index contributed by atoms with van der Waals surface area (Å²) in [6, 6.07) is 16.0. The number of pyridine rings is 1. The van der Waals surface area contributed by atoms with Crippen molar-refractivity contribution >= 4 is 23.1 Å². The molecular formula is C21H26N6. The average molecular weight is 362 g/mol. The van der Waals surface area contributed by atoms with Gasteiger partial charge in [-0.2, -0.15) is 0 Å². The van der Waals surface area contributed by atoms with Gasteiger partial charge >= 0.3 is 0 Å². The number of aromatic nitrogens is 3. The topological polar surface area (TPSA) is 80.0 Å². The fourth-order valence-corrected chi connectivity index (χ4v) is 2.77. The van der Waals surface area contributed by atoms with E-state index in [1.807, 2.05) is 41.3 Å². The van der Waals surface area contributed by atoms with Crippen molar-refractivity contribution in [1.82, 2.24) is 15.0 Å². The van der Waals surface area contributed by atoms with Crippen molar-refractivity contribution in [1.29, 1.82) is 0 Å². The molecule has 3 rings (SSSR count). The van der Waals surface area contributed by atoms with E-state index in [4.69, 9.17) is 5.73 Å². The number of hydrogen-bond donors (Lipinski definition) is 2. The fourth-order valence-electron chi connectivity index (χ4n) is 2.77. The first-order valence-electron chi connectivity index (χ1n) is 9.22. The molecule has 3 aromatic rings. The standard InChI is InChI=1S/C21H26N6/c1-16(2)11-13-24-20-19(22)21(26-15-25-20)27(18-10-6-7-12-23-18)14-17-8-4-3-5-9-17/h3-10,12,15-16H,11,13-14,22H2,1-2H3,(H,24,25,26). The van der Waals surface area contributed by atoms with E-state index < -0.39 is 0 Å². The molecule has 0 aliphatic heterocycles. The van der Waals surface area contributed by atoms with E-state index in [0.717, 1.165) is 24.3 Å². The van der Waals surface area contributed by atoms with Crippen LogP contribution in [0.25, 0.3) is 0 Å². The second kappa shape index (κ2) is 8.98. The third-order valence-electron chi connectivity index (χ3n) is 4.24. The number of benzene rings is 1. The third kappa shape index (κ3) is 4.94. The lowest BCUT2D eigenvalue weighted by Crippen LogP contribution is -2.21. The summed E-state index contributed by atoms with van der Waals surface area (Å²) in [5, 5.41) is 3.33. The van der Waals surface area contributed by atoms with Crippen molar-refractivity contribution < 1.29 is 0 Å². The smallest absolute Gasteiger partial charge is 0.163 e. The van der Waals surface area contributed by atoms with Crippen LogP contribution in [0.5, 0.6) is 0 Å². The molecule has 0 amide bonds. The Kier molecular flexibility index (Phi) is 6.20. The molecule has 0 saturated heterocycles. The first kappa shape index (κ1) is 18.6. The average Bonchev–Trinajstić information content (AvgIpc) is 2.69. The van der Waals surface area contributed by atoms with E-state index in [-0.39, 0.29) is 0 Å². The van der Waals surface area contributed by atoms with Crippen molar-refractivity contribution in [2.45, 2.75) is 26.8 Å². The van der Waals surface area contributed by atoms with Crippen LogP contribution in [0.15, 0.2) is 61.1 Å². The Morgan fingerprint density at radius 1 is 1.00 bits per heavy atom. The van der Waals surface area contributed by atoms with Crippen LogP contribution in [0.2, 0.25) is 0 Å². The van der Waals surface area contributed by atoms with Crippen LogP contribution >= 0.6 is 0 Å². The summed E-state index contributed by atoms with van der Waals surface area (Å²) in [6.45, 7) is 5.82. The number of nitrogens with one attached hydrogen (secondary N) is 1. The van der Waals surface area contributed by atoms with Crippen molar-refractivity contribution in [2.75, 3.05) is 22.5 Å². The lowest BCUT2D eigenvalue weighted by molar-refractivity contribution is 0.606. The lowest BCUT2D eigenvalue weighted by atomic mass is 10.1. The molecule has 0 saturated carbocycles. The highest BCUT2D eigenvalue weighted by molar-refractivity contribution is 5.78. The van der Waals surface area contributed by atoms with Crippen LogP contribution in [0.1, 0.15) is 25.8 Å². The third-order valence-corrected chi connectivity index (χ3v) is 4.24. The van der Waals surface area contributed by atoms with Gasteiger partial charge in [0.25, 0.3) is 0 Å². The lowest BCUT2D eigenvalue weighted by Gasteiger charge is -2.25. The van der Waals surface area contributed by atoms with Crippen molar-refractivity contribution in [3.8, 4) is 0 Å². The highest BCUT2D eigenvalue weighted by Gasteiger charge is 2.18. The van der Waals surface area contributed by atoms with Gasteiger partial charge in [-0.25, -0.2) is 15.0 Å². The van der Waals surface area contributed by atoms with Gasteiger partial charge < -0.3 is 16.0 Å². The zero-order chi connectivity index (χ0) is 19.1. The van der Waals surface area contributed by atoms with Crippen molar-refractivity contribution in [2.24, 2.45) is 5.92 Å². The molecule has 3 N–H and O–H groups in total. The van der Waals surface area contributed by atoms with E-state index in [1.165, 1.54) is 0 Å². The molecule has 0 bridgehead atoms. The van der Waals surface area contributed by atoms with Gasteiger partial charge in [-0.05, 0) is 30.0 Å². The number of nitrogen functional groups attached to an aromatic ring is 1. The number of nitrogens with zero attached hydrogens (tertiary/aromatic N) is 4. The molecule has 0 unspecified atom stereocenters. The molecule has 140 valence electrons. The van der Waals surface area contributed by atoms with Crippen molar-refractivity contribution in [3.05, 3.63) is 66.6 Å². The van der Waals surface area contributed by atoms with Gasteiger partial charge in [0.1, 0.15) is 17.8 Å². The largest absolute Gasteiger partial charge is 0.393 e. The predicted molar refractivity (Wildman–Crippen MR) is 111 cm³/mol. The van der Waals surface area contributed by atoms with E-state index in [2.05, 4.69) is 46.2 Å². The fraction of sp³-hybridized carbons (Fsp3) is 0.286. The molecule has 2 heterocycles. The Hall–Kier alpha value is -3.15. The second-order valence-electron chi connectivity index (χ2n) is 6.83. The van der Waals surface area contributed by atoms with Gasteiger partial charge in [-0.15, -0.1) is 0 Å². The molecule has 2 aromatic heterocycles. The number of nitrogens with two attached hydrogens (primary N) is 1. The summed E-state index contributed by atoms with van der Waals surface area (Å²) < 4.78 is 0. The second-order valence-corrected chi connectivity index (χ2v) is 6.83. The van der Waals surface area contributed by atoms with Crippen LogP contribution in [0, 0.1) is 5.92 Å². The molecule has 0 fully saturated rings. The predicted octanol–water partition coefficient (Wildman–Crippen LogP) is 4.25. The summed E-state index contributed by atoms with van der Waals surface area (Å²) in [5.41, 5.74) is 8.11. The summed E-state index contributed by atoms with van der Waals surface area (Å²) in [5.74, 6) is 2.72. The zero-order valence-electron chi connectivity index (χ0n) is 15.8. The summed E-state index contributed by atoms with van der Waals surface area (Å²) in [4.78, 5) is 15.3. The molecule has 27 heavy (non-hydrogen) atoms. The van der Waals surface area contributed by atoms with Gasteiger partial charge in [0.05, 0.1) is 6.54 Å². The minimum absolute atomic E-state index is 0.530. The minimum Gasteiger partial charge on any atom is -0.393 e. The van der Waals surface area contributed by atoms with Gasteiger partial charge in [-0.1, -0.05) is 50.2 Å². The maximum absolute atomic E-state index is 6.44. The minimum atomic E-state index is 0.530. The molecule has 0 aliphatic carbocycles. The first-order chi connectivity index (χ1) is 13.1. The molecule has 1 aromatic carbocycles. The van der Waals surface area contributed by atoms with Gasteiger partial charge in [0.15, 0.2) is 11.6 Å². The first-order valence-corrected chi connectivity index (χ1v) is 9.22. The summed E-state index contributed by atoms with van der Waals surface area (Å²) >= 11 is 0. The van der Waals surface area contributed by atoms with Gasteiger partial charge in [-0.3, -0.25) is 0 Å². The molecule has 0 spiro atoms. The Morgan fingerprint density at radius 3 is 2.48 bits per heavy atom. The highest BCUT2D eigenvalue weighted by Crippen LogP contribution is 2.32. The van der Waals surface area contributed by atoms with Crippen LogP contribution < -0.4 is 16.0 Å². The molecule has 0 atom stereocenters. The van der Waals surface area contributed by atoms with E-state index >= 15 is 0 Å². The van der Waals surface area contributed by atoms with Crippen molar-refractivity contribution in [3.63, 3.8) is 0 Å². The van der Waals surface area contributed by atoms with Crippen LogP contribution in [-0.2, 0) is 6.54 Å². The molecule has 0 aliphatic rings. The van der Waals surface area contributed by atoms with Gasteiger partial charge in [0.2, 0.25) is 0 Å². The Balaban J connectivity index is 1.92. The zero-order valence-corrected chi connectivity index (χ0v) is 15.8.